The number of nitrogens with one attached hydrogen (secondary N) is 1. The highest BCUT2D eigenvalue weighted by Gasteiger charge is 2.16. The smallest absolute Gasteiger partial charge is 0.345 e. The number of benzene rings is 1. The second-order valence-electron chi connectivity index (χ2n) is 6.25. The number of hydrogen-bond acceptors (Lipinski definition) is 5. The lowest BCUT2D eigenvalue weighted by Crippen LogP contribution is -2.12. The van der Waals surface area contributed by atoms with Gasteiger partial charge < -0.3 is 10.4 Å². The Bertz CT molecular complexity index is 1030. The number of aryl methyl sites for hydroxylation is 1. The van der Waals surface area contributed by atoms with Crippen LogP contribution in [0, 0.1) is 12.7 Å². The summed E-state index contributed by atoms with van der Waals surface area (Å²) < 4.78 is 15.7. The Morgan fingerprint density at radius 1 is 1.26 bits per heavy atom. The fourth-order valence-corrected chi connectivity index (χ4v) is 3.41. The summed E-state index contributed by atoms with van der Waals surface area (Å²) >= 11 is 1.10. The molecule has 0 bridgehead atoms. The monoisotopic (exact) mass is 388 g/mol. The minimum atomic E-state index is -1.04. The average molecular weight is 388 g/mol. The molecular weight excluding hydrogens is 371 g/mol. The molecule has 0 unspecified atom stereocenters. The Kier molecular flexibility index (Phi) is 5.04. The van der Waals surface area contributed by atoms with Gasteiger partial charge in [0.1, 0.15) is 10.7 Å². The van der Waals surface area contributed by atoms with E-state index < -0.39 is 17.7 Å². The third-order valence-corrected chi connectivity index (χ3v) is 4.92. The lowest BCUT2D eigenvalue weighted by atomic mass is 10.0. The molecule has 0 atom stereocenters. The molecule has 0 aliphatic rings. The van der Waals surface area contributed by atoms with Gasteiger partial charge in [0.2, 0.25) is 0 Å². The fraction of sp³-hybridized carbons (Fsp3) is 0.222. The summed E-state index contributed by atoms with van der Waals surface area (Å²) in [5.74, 6) is -1.90. The van der Waals surface area contributed by atoms with E-state index in [-0.39, 0.29) is 22.3 Å². The second kappa shape index (κ2) is 7.28. The first-order valence-electron chi connectivity index (χ1n) is 8.12. The van der Waals surface area contributed by atoms with E-state index in [1.165, 1.54) is 18.2 Å². The number of halogens is 1. The van der Waals surface area contributed by atoms with Crippen LogP contribution in [0.15, 0.2) is 30.5 Å². The second-order valence-corrected chi connectivity index (χ2v) is 7.50. The number of carbonyl (C=O) groups excluding carboxylic acids is 1. The highest BCUT2D eigenvalue weighted by molar-refractivity contribution is 7.14. The maximum absolute atomic E-state index is 14.1. The van der Waals surface area contributed by atoms with Crippen molar-refractivity contribution in [2.75, 3.05) is 5.32 Å². The van der Waals surface area contributed by atoms with Crippen LogP contribution in [-0.4, -0.2) is 32.0 Å². The van der Waals surface area contributed by atoms with Gasteiger partial charge in [-0.05, 0) is 56.2 Å². The molecule has 2 heterocycles. The van der Waals surface area contributed by atoms with E-state index in [1.54, 1.807) is 17.8 Å². The van der Waals surface area contributed by atoms with Gasteiger partial charge in [-0.2, -0.15) is 0 Å². The van der Waals surface area contributed by atoms with Gasteiger partial charge in [0, 0.05) is 16.5 Å². The van der Waals surface area contributed by atoms with E-state index in [4.69, 9.17) is 5.11 Å². The molecule has 27 heavy (non-hydrogen) atoms. The highest BCUT2D eigenvalue weighted by atomic mass is 32.1. The number of carboxylic acids is 1. The van der Waals surface area contributed by atoms with Gasteiger partial charge in [0.15, 0.2) is 5.82 Å². The number of carbonyl (C=O) groups is 2. The molecule has 0 saturated carbocycles. The number of thiophene rings is 1. The summed E-state index contributed by atoms with van der Waals surface area (Å²) in [7, 11) is 0. The molecule has 0 saturated heterocycles. The quantitative estimate of drug-likeness (QED) is 0.689. The number of hydrogen-bond donors (Lipinski definition) is 2. The number of amides is 1. The first-order valence-corrected chi connectivity index (χ1v) is 8.94. The van der Waals surface area contributed by atoms with Crippen molar-refractivity contribution in [3.63, 3.8) is 0 Å². The first-order chi connectivity index (χ1) is 12.7. The molecule has 2 aromatic heterocycles. The molecule has 1 aromatic carbocycles. The third kappa shape index (κ3) is 4.03. The topological polar surface area (TPSA) is 97.1 Å². The molecule has 0 fully saturated rings. The molecule has 0 aliphatic heterocycles. The molecule has 0 spiro atoms. The average Bonchev–Trinajstić information content (AvgIpc) is 3.21. The number of aromatic nitrogens is 3. The van der Waals surface area contributed by atoms with Crippen molar-refractivity contribution in [2.45, 2.75) is 26.8 Å². The molecule has 2 N–H and O–H groups in total. The minimum Gasteiger partial charge on any atom is -0.477 e. The lowest BCUT2D eigenvalue weighted by Gasteiger charge is -2.06. The van der Waals surface area contributed by atoms with Crippen LogP contribution in [0.5, 0.6) is 0 Å². The van der Waals surface area contributed by atoms with Crippen molar-refractivity contribution in [1.82, 2.24) is 15.0 Å². The van der Waals surface area contributed by atoms with Crippen LogP contribution in [0.3, 0.4) is 0 Å². The van der Waals surface area contributed by atoms with E-state index in [2.05, 4.69) is 15.6 Å². The van der Waals surface area contributed by atoms with Crippen molar-refractivity contribution >= 4 is 29.0 Å². The zero-order valence-corrected chi connectivity index (χ0v) is 15.7. The predicted molar refractivity (Wildman–Crippen MR) is 99.8 cm³/mol. The van der Waals surface area contributed by atoms with E-state index in [9.17, 15) is 14.0 Å². The molecule has 7 nitrogen and oxygen atoms in total. The van der Waals surface area contributed by atoms with Gasteiger partial charge in [0.25, 0.3) is 5.91 Å². The summed E-state index contributed by atoms with van der Waals surface area (Å²) in [4.78, 5) is 24.5. The number of carboxylic acid groups (broad SMARTS) is 1. The van der Waals surface area contributed by atoms with Crippen molar-refractivity contribution in [3.8, 4) is 11.1 Å². The first kappa shape index (κ1) is 18.7. The zero-order valence-electron chi connectivity index (χ0n) is 14.9. The van der Waals surface area contributed by atoms with E-state index in [0.29, 0.717) is 11.1 Å². The molecular formula is C18H17FN4O3S. The van der Waals surface area contributed by atoms with Crippen LogP contribution in [0.25, 0.3) is 11.1 Å². The number of rotatable bonds is 5. The van der Waals surface area contributed by atoms with Crippen molar-refractivity contribution in [3.05, 3.63) is 51.6 Å². The fourth-order valence-electron chi connectivity index (χ4n) is 2.53. The zero-order chi connectivity index (χ0) is 19.7. The molecule has 0 aliphatic carbocycles. The number of nitrogens with zero attached hydrogens (tertiary/aromatic N) is 3. The maximum Gasteiger partial charge on any atom is 0.345 e. The van der Waals surface area contributed by atoms with Gasteiger partial charge in [-0.15, -0.1) is 16.4 Å². The van der Waals surface area contributed by atoms with Gasteiger partial charge in [-0.25, -0.2) is 13.9 Å². The van der Waals surface area contributed by atoms with Gasteiger partial charge in [-0.1, -0.05) is 5.21 Å². The minimum absolute atomic E-state index is 0.0916. The van der Waals surface area contributed by atoms with Crippen molar-refractivity contribution in [1.29, 1.82) is 0 Å². The van der Waals surface area contributed by atoms with Gasteiger partial charge >= 0.3 is 5.97 Å². The Morgan fingerprint density at radius 2 is 2.00 bits per heavy atom. The predicted octanol–water partition coefficient (Wildman–Crippen LogP) is 3.99. The summed E-state index contributed by atoms with van der Waals surface area (Å²) in [6, 6.07) is 5.48. The van der Waals surface area contributed by atoms with Gasteiger partial charge in [0.05, 0.1) is 6.20 Å². The summed E-state index contributed by atoms with van der Waals surface area (Å²) in [6.45, 7) is 5.60. The van der Waals surface area contributed by atoms with Gasteiger partial charge in [-0.3, -0.25) is 4.79 Å². The van der Waals surface area contributed by atoms with Crippen molar-refractivity contribution in [2.24, 2.45) is 0 Å². The normalized spacial score (nSPS) is 11.0. The highest BCUT2D eigenvalue weighted by Crippen LogP contribution is 2.32. The Balaban J connectivity index is 1.90. The van der Waals surface area contributed by atoms with Crippen molar-refractivity contribution < 1.29 is 19.1 Å². The Hall–Kier alpha value is -3.07. The number of anilines is 1. The van der Waals surface area contributed by atoms with E-state index in [1.807, 2.05) is 13.8 Å². The molecule has 9 heteroatoms. The van der Waals surface area contributed by atoms with Crippen LogP contribution >= 0.6 is 11.3 Å². The molecule has 3 aromatic rings. The molecule has 3 rings (SSSR count). The van der Waals surface area contributed by atoms with Crippen LogP contribution in [-0.2, 0) is 0 Å². The summed E-state index contributed by atoms with van der Waals surface area (Å²) in [6.07, 6.45) is 1.59. The number of aromatic carboxylic acids is 1. The largest absolute Gasteiger partial charge is 0.477 e. The Labute approximate surface area is 158 Å². The standard InChI is InChI=1S/C18H17FN4O3S/c1-9(2)23-8-16(21-22-23)20-17(24)12-4-11(5-13(19)6-12)14-7-15(18(25)26)27-10(14)3/h4-9H,1-3H3,(H,20,24)(H,25,26). The third-order valence-electron chi connectivity index (χ3n) is 3.88. The summed E-state index contributed by atoms with van der Waals surface area (Å²) in [5.41, 5.74) is 1.12. The van der Waals surface area contributed by atoms with E-state index in [0.717, 1.165) is 22.3 Å². The van der Waals surface area contributed by atoms with E-state index >= 15 is 0 Å². The molecule has 0 radical (unpaired) electrons. The lowest BCUT2D eigenvalue weighted by molar-refractivity contribution is 0.0702. The molecule has 1 amide bonds. The Morgan fingerprint density at radius 3 is 2.59 bits per heavy atom. The SMILES string of the molecule is Cc1sc(C(=O)O)cc1-c1cc(F)cc(C(=O)Nc2cn(C(C)C)nn2)c1. The molecule has 140 valence electrons. The summed E-state index contributed by atoms with van der Waals surface area (Å²) in [5, 5.41) is 19.5. The van der Waals surface area contributed by atoms with Crippen LogP contribution < -0.4 is 5.32 Å². The maximum atomic E-state index is 14.1. The van der Waals surface area contributed by atoms with Crippen LogP contribution in [0.4, 0.5) is 10.2 Å². The van der Waals surface area contributed by atoms with Crippen LogP contribution in [0.1, 0.15) is 44.8 Å². The van der Waals surface area contributed by atoms with Crippen LogP contribution in [0.2, 0.25) is 0 Å².